The first kappa shape index (κ1) is 12.9. The number of aryl methyl sites for hydroxylation is 1. The number of thiazole rings is 1. The second-order valence-corrected chi connectivity index (χ2v) is 5.49. The van der Waals surface area contributed by atoms with Crippen molar-refractivity contribution in [2.24, 2.45) is 0 Å². The monoisotopic (exact) mass is 285 g/mol. The minimum atomic E-state index is -0.0372. The van der Waals surface area contributed by atoms with E-state index >= 15 is 0 Å². The van der Waals surface area contributed by atoms with Crippen molar-refractivity contribution in [3.05, 3.63) is 52.1 Å². The van der Waals surface area contributed by atoms with Crippen LogP contribution in [0, 0.1) is 6.92 Å². The Morgan fingerprint density at radius 2 is 2.25 bits per heavy atom. The Bertz CT molecular complexity index is 744. The maximum atomic E-state index is 12.0. The molecule has 3 aromatic rings. The fraction of sp³-hybridized carbons (Fsp3) is 0.200. The number of nitrogens with zero attached hydrogens (tertiary/aromatic N) is 1. The van der Waals surface area contributed by atoms with Crippen LogP contribution in [-0.4, -0.2) is 22.4 Å². The average Bonchev–Trinajstić information content (AvgIpc) is 3.05. The molecule has 0 saturated heterocycles. The van der Waals surface area contributed by atoms with Gasteiger partial charge in [0.1, 0.15) is 4.88 Å². The number of hydrogen-bond acceptors (Lipinski definition) is 3. The molecule has 0 radical (unpaired) electrons. The van der Waals surface area contributed by atoms with Gasteiger partial charge >= 0.3 is 0 Å². The number of H-pyrrole nitrogens is 1. The largest absolute Gasteiger partial charge is 0.361 e. The van der Waals surface area contributed by atoms with Gasteiger partial charge in [-0.2, -0.15) is 0 Å². The van der Waals surface area contributed by atoms with E-state index in [1.807, 2.05) is 25.3 Å². The summed E-state index contributed by atoms with van der Waals surface area (Å²) in [5.74, 6) is -0.0372. The minimum Gasteiger partial charge on any atom is -0.361 e. The van der Waals surface area contributed by atoms with Gasteiger partial charge in [0.2, 0.25) is 0 Å². The number of benzene rings is 1. The first-order valence-corrected chi connectivity index (χ1v) is 7.37. The normalized spacial score (nSPS) is 10.8. The minimum absolute atomic E-state index is 0.0372. The van der Waals surface area contributed by atoms with E-state index in [0.29, 0.717) is 11.4 Å². The van der Waals surface area contributed by atoms with E-state index in [2.05, 4.69) is 27.4 Å². The number of fused-ring (bicyclic) bond motifs is 1. The summed E-state index contributed by atoms with van der Waals surface area (Å²) in [4.78, 5) is 20.0. The molecule has 1 aromatic carbocycles. The first-order chi connectivity index (χ1) is 9.75. The van der Waals surface area contributed by atoms with Crippen LogP contribution in [0.15, 0.2) is 36.0 Å². The lowest BCUT2D eigenvalue weighted by molar-refractivity contribution is 0.0957. The van der Waals surface area contributed by atoms with Gasteiger partial charge in [-0.15, -0.1) is 11.3 Å². The molecule has 3 rings (SSSR count). The highest BCUT2D eigenvalue weighted by Crippen LogP contribution is 2.18. The van der Waals surface area contributed by atoms with Gasteiger partial charge in [-0.1, -0.05) is 18.2 Å². The lowest BCUT2D eigenvalue weighted by Crippen LogP contribution is -2.25. The Morgan fingerprint density at radius 3 is 3.05 bits per heavy atom. The molecule has 2 aromatic heterocycles. The number of amides is 1. The van der Waals surface area contributed by atoms with Crippen molar-refractivity contribution in [3.8, 4) is 0 Å². The van der Waals surface area contributed by atoms with Gasteiger partial charge in [-0.25, -0.2) is 4.98 Å². The van der Waals surface area contributed by atoms with Crippen LogP contribution in [0.2, 0.25) is 0 Å². The third-order valence-corrected chi connectivity index (χ3v) is 4.23. The first-order valence-electron chi connectivity index (χ1n) is 6.49. The summed E-state index contributed by atoms with van der Waals surface area (Å²) in [7, 11) is 0. The molecule has 4 nitrogen and oxygen atoms in total. The van der Waals surface area contributed by atoms with E-state index in [1.54, 1.807) is 5.51 Å². The zero-order valence-corrected chi connectivity index (χ0v) is 12.0. The van der Waals surface area contributed by atoms with E-state index < -0.39 is 0 Å². The van der Waals surface area contributed by atoms with Crippen LogP contribution in [-0.2, 0) is 6.42 Å². The van der Waals surface area contributed by atoms with Crippen LogP contribution >= 0.6 is 11.3 Å². The summed E-state index contributed by atoms with van der Waals surface area (Å²) in [6.07, 6.45) is 2.82. The zero-order chi connectivity index (χ0) is 13.9. The van der Waals surface area contributed by atoms with E-state index in [4.69, 9.17) is 0 Å². The number of rotatable bonds is 4. The van der Waals surface area contributed by atoms with Crippen molar-refractivity contribution in [3.63, 3.8) is 0 Å². The second-order valence-electron chi connectivity index (χ2n) is 4.63. The highest BCUT2D eigenvalue weighted by Gasteiger charge is 2.11. The molecule has 20 heavy (non-hydrogen) atoms. The Balaban J connectivity index is 1.63. The maximum Gasteiger partial charge on any atom is 0.263 e. The number of hydrogen-bond donors (Lipinski definition) is 2. The quantitative estimate of drug-likeness (QED) is 0.774. The predicted octanol–water partition coefficient (Wildman–Crippen LogP) is 2.91. The average molecular weight is 285 g/mol. The van der Waals surface area contributed by atoms with Gasteiger partial charge in [0.15, 0.2) is 0 Å². The van der Waals surface area contributed by atoms with Crippen molar-refractivity contribution >= 4 is 28.1 Å². The smallest absolute Gasteiger partial charge is 0.263 e. The van der Waals surface area contributed by atoms with Crippen molar-refractivity contribution in [2.45, 2.75) is 13.3 Å². The van der Waals surface area contributed by atoms with Gasteiger partial charge in [0.25, 0.3) is 5.91 Å². The van der Waals surface area contributed by atoms with Gasteiger partial charge in [-0.3, -0.25) is 4.79 Å². The third-order valence-electron chi connectivity index (χ3n) is 3.31. The standard InChI is InChI=1S/C15H15N3OS/c1-10-14(20-9-18-10)15(19)16-7-6-11-8-17-13-5-3-2-4-12(11)13/h2-5,8-9,17H,6-7H2,1H3,(H,16,19). The number of nitrogens with one attached hydrogen (secondary N) is 2. The van der Waals surface area contributed by atoms with Gasteiger partial charge in [0.05, 0.1) is 11.2 Å². The van der Waals surface area contributed by atoms with Crippen molar-refractivity contribution in [1.29, 1.82) is 0 Å². The Morgan fingerprint density at radius 1 is 1.40 bits per heavy atom. The molecule has 0 saturated carbocycles. The Kier molecular flexibility index (Phi) is 3.52. The molecule has 0 atom stereocenters. The third kappa shape index (κ3) is 2.44. The molecule has 0 spiro atoms. The van der Waals surface area contributed by atoms with Crippen LogP contribution in [0.4, 0.5) is 0 Å². The van der Waals surface area contributed by atoms with E-state index in [1.165, 1.54) is 22.3 Å². The van der Waals surface area contributed by atoms with Crippen molar-refractivity contribution in [2.75, 3.05) is 6.54 Å². The molecule has 0 fully saturated rings. The summed E-state index contributed by atoms with van der Waals surface area (Å²) >= 11 is 1.38. The van der Waals surface area contributed by atoms with Gasteiger partial charge in [0, 0.05) is 23.6 Å². The summed E-state index contributed by atoms with van der Waals surface area (Å²) in [5, 5.41) is 4.16. The SMILES string of the molecule is Cc1ncsc1C(=O)NCCc1c[nH]c2ccccc12. The number of para-hydroxylation sites is 1. The van der Waals surface area contributed by atoms with Crippen LogP contribution in [0.25, 0.3) is 10.9 Å². The molecular weight excluding hydrogens is 270 g/mol. The highest BCUT2D eigenvalue weighted by molar-refractivity contribution is 7.11. The van der Waals surface area contributed by atoms with E-state index in [0.717, 1.165) is 17.6 Å². The van der Waals surface area contributed by atoms with Crippen LogP contribution in [0.1, 0.15) is 20.9 Å². The molecule has 0 unspecified atom stereocenters. The van der Waals surface area contributed by atoms with Crippen LogP contribution in [0.5, 0.6) is 0 Å². The Labute approximate surface area is 120 Å². The van der Waals surface area contributed by atoms with E-state index in [9.17, 15) is 4.79 Å². The Hall–Kier alpha value is -2.14. The predicted molar refractivity (Wildman–Crippen MR) is 81.2 cm³/mol. The molecule has 1 amide bonds. The summed E-state index contributed by atoms with van der Waals surface area (Å²) < 4.78 is 0. The van der Waals surface area contributed by atoms with Crippen molar-refractivity contribution in [1.82, 2.24) is 15.3 Å². The van der Waals surface area contributed by atoms with E-state index in [-0.39, 0.29) is 5.91 Å². The molecule has 2 N–H and O–H groups in total. The highest BCUT2D eigenvalue weighted by atomic mass is 32.1. The molecule has 102 valence electrons. The summed E-state index contributed by atoms with van der Waals surface area (Å²) in [6.45, 7) is 2.48. The molecular formula is C15H15N3OS. The zero-order valence-electron chi connectivity index (χ0n) is 11.1. The lowest BCUT2D eigenvalue weighted by atomic mass is 10.1. The fourth-order valence-electron chi connectivity index (χ4n) is 2.25. The van der Waals surface area contributed by atoms with Gasteiger partial charge in [-0.05, 0) is 25.0 Å². The summed E-state index contributed by atoms with van der Waals surface area (Å²) in [6, 6.07) is 8.18. The number of carbonyl (C=O) groups is 1. The molecule has 0 aliphatic rings. The van der Waals surface area contributed by atoms with Gasteiger partial charge < -0.3 is 10.3 Å². The van der Waals surface area contributed by atoms with Crippen LogP contribution < -0.4 is 5.32 Å². The fourth-order valence-corrected chi connectivity index (χ4v) is 2.97. The van der Waals surface area contributed by atoms with Crippen LogP contribution in [0.3, 0.4) is 0 Å². The molecule has 2 heterocycles. The second kappa shape index (κ2) is 5.46. The maximum absolute atomic E-state index is 12.0. The number of aromatic nitrogens is 2. The molecule has 0 aliphatic heterocycles. The topological polar surface area (TPSA) is 57.8 Å². The summed E-state index contributed by atoms with van der Waals surface area (Å²) in [5.41, 5.74) is 4.85. The molecule has 0 bridgehead atoms. The van der Waals surface area contributed by atoms with Crippen molar-refractivity contribution < 1.29 is 4.79 Å². The molecule has 0 aliphatic carbocycles. The number of aromatic amines is 1. The number of carbonyl (C=O) groups excluding carboxylic acids is 1. The lowest BCUT2D eigenvalue weighted by Gasteiger charge is -2.03. The molecule has 5 heteroatoms.